The second-order valence-corrected chi connectivity index (χ2v) is 6.20. The summed E-state index contributed by atoms with van der Waals surface area (Å²) in [7, 11) is 1.65. The van der Waals surface area contributed by atoms with Crippen LogP contribution in [0.1, 0.15) is 11.1 Å². The van der Waals surface area contributed by atoms with Crippen LogP contribution >= 0.6 is 35.4 Å². The van der Waals surface area contributed by atoms with Crippen molar-refractivity contribution in [3.8, 4) is 5.75 Å². The highest BCUT2D eigenvalue weighted by molar-refractivity contribution is 7.80. The molecule has 122 valence electrons. The van der Waals surface area contributed by atoms with Crippen molar-refractivity contribution in [2.24, 2.45) is 0 Å². The Kier molecular flexibility index (Phi) is 6.96. The van der Waals surface area contributed by atoms with Crippen molar-refractivity contribution < 1.29 is 4.74 Å². The Hall–Kier alpha value is -1.49. The van der Waals surface area contributed by atoms with Gasteiger partial charge >= 0.3 is 0 Å². The minimum Gasteiger partial charge on any atom is -0.497 e. The lowest BCUT2D eigenvalue weighted by Crippen LogP contribution is -2.35. The first-order valence-corrected chi connectivity index (χ1v) is 8.33. The molecule has 0 fully saturated rings. The highest BCUT2D eigenvalue weighted by Gasteiger charge is 2.02. The Bertz CT molecular complexity index is 662. The maximum Gasteiger partial charge on any atom is 0.166 e. The molecule has 0 aromatic heterocycles. The van der Waals surface area contributed by atoms with Gasteiger partial charge in [0.2, 0.25) is 0 Å². The van der Waals surface area contributed by atoms with Gasteiger partial charge in [0.15, 0.2) is 5.11 Å². The first-order chi connectivity index (χ1) is 11.1. The van der Waals surface area contributed by atoms with Crippen molar-refractivity contribution in [1.29, 1.82) is 0 Å². The van der Waals surface area contributed by atoms with E-state index in [-0.39, 0.29) is 0 Å². The Morgan fingerprint density at radius 1 is 1.09 bits per heavy atom. The Morgan fingerprint density at radius 2 is 1.83 bits per heavy atom. The summed E-state index contributed by atoms with van der Waals surface area (Å²) in [5.74, 6) is 0.842. The Labute approximate surface area is 151 Å². The average Bonchev–Trinajstić information content (AvgIpc) is 2.55. The van der Waals surface area contributed by atoms with Gasteiger partial charge < -0.3 is 15.4 Å². The summed E-state index contributed by atoms with van der Waals surface area (Å²) < 4.78 is 5.13. The maximum atomic E-state index is 6.14. The summed E-state index contributed by atoms with van der Waals surface area (Å²) in [6.45, 7) is 1.37. The first kappa shape index (κ1) is 17.9. The summed E-state index contributed by atoms with van der Waals surface area (Å²) >= 11 is 17.3. The van der Waals surface area contributed by atoms with E-state index in [4.69, 9.17) is 40.2 Å². The van der Waals surface area contributed by atoms with Crippen molar-refractivity contribution in [2.75, 3.05) is 13.7 Å². The second-order valence-electron chi connectivity index (χ2n) is 4.94. The highest BCUT2D eigenvalue weighted by Crippen LogP contribution is 2.21. The molecule has 0 heterocycles. The SMILES string of the molecule is COc1ccc(CNC(=S)NCCc2ccc(Cl)cc2Cl)cc1. The number of hydrogen-bond donors (Lipinski definition) is 2. The normalized spacial score (nSPS) is 10.2. The van der Waals surface area contributed by atoms with Crippen molar-refractivity contribution in [2.45, 2.75) is 13.0 Å². The zero-order chi connectivity index (χ0) is 16.7. The van der Waals surface area contributed by atoms with Crippen LogP contribution in [0.3, 0.4) is 0 Å². The molecule has 2 aromatic carbocycles. The van der Waals surface area contributed by atoms with Gasteiger partial charge in [-0.25, -0.2) is 0 Å². The molecule has 0 aliphatic carbocycles. The molecule has 3 nitrogen and oxygen atoms in total. The first-order valence-electron chi connectivity index (χ1n) is 7.17. The number of rotatable bonds is 6. The Morgan fingerprint density at radius 3 is 2.48 bits per heavy atom. The highest BCUT2D eigenvalue weighted by atomic mass is 35.5. The topological polar surface area (TPSA) is 33.3 Å². The summed E-state index contributed by atoms with van der Waals surface area (Å²) in [5, 5.41) is 8.28. The minimum absolute atomic E-state index is 0.617. The Balaban J connectivity index is 1.72. The van der Waals surface area contributed by atoms with E-state index in [9.17, 15) is 0 Å². The third kappa shape index (κ3) is 5.90. The van der Waals surface area contributed by atoms with Crippen LogP contribution in [0, 0.1) is 0 Å². The second kappa shape index (κ2) is 8.96. The van der Waals surface area contributed by atoms with Gasteiger partial charge in [-0.2, -0.15) is 0 Å². The largest absolute Gasteiger partial charge is 0.497 e. The van der Waals surface area contributed by atoms with Gasteiger partial charge in [0, 0.05) is 23.1 Å². The predicted octanol–water partition coefficient (Wildman–Crippen LogP) is 4.21. The molecule has 2 aromatic rings. The number of methoxy groups -OCH3 is 1. The van der Waals surface area contributed by atoms with Crippen LogP contribution in [-0.4, -0.2) is 18.8 Å². The van der Waals surface area contributed by atoms with Crippen molar-refractivity contribution in [3.05, 3.63) is 63.6 Å². The predicted molar refractivity (Wildman–Crippen MR) is 101 cm³/mol. The van der Waals surface area contributed by atoms with E-state index >= 15 is 0 Å². The molecule has 2 rings (SSSR count). The van der Waals surface area contributed by atoms with Gasteiger partial charge in [-0.3, -0.25) is 0 Å². The van der Waals surface area contributed by atoms with Crippen LogP contribution in [0.2, 0.25) is 10.0 Å². The van der Waals surface area contributed by atoms with Gasteiger partial charge in [0.05, 0.1) is 7.11 Å². The lowest BCUT2D eigenvalue weighted by molar-refractivity contribution is 0.414. The molecule has 0 spiro atoms. The van der Waals surface area contributed by atoms with Crippen molar-refractivity contribution in [3.63, 3.8) is 0 Å². The van der Waals surface area contributed by atoms with E-state index in [0.717, 1.165) is 23.3 Å². The lowest BCUT2D eigenvalue weighted by atomic mass is 10.1. The van der Waals surface area contributed by atoms with Crippen LogP contribution in [0.15, 0.2) is 42.5 Å². The molecule has 0 atom stereocenters. The molecule has 0 saturated carbocycles. The van der Waals surface area contributed by atoms with Gasteiger partial charge in [0.1, 0.15) is 5.75 Å². The average molecular weight is 369 g/mol. The van der Waals surface area contributed by atoms with E-state index in [1.54, 1.807) is 13.2 Å². The molecule has 0 unspecified atom stereocenters. The van der Waals surface area contributed by atoms with Gasteiger partial charge in [-0.1, -0.05) is 41.4 Å². The van der Waals surface area contributed by atoms with E-state index in [1.807, 2.05) is 36.4 Å². The van der Waals surface area contributed by atoms with Crippen LogP contribution < -0.4 is 15.4 Å². The maximum absolute atomic E-state index is 6.14. The number of thiocarbonyl (C=S) groups is 1. The molecule has 0 aliphatic heterocycles. The number of ether oxygens (including phenoxy) is 1. The third-order valence-corrected chi connectivity index (χ3v) is 4.18. The molecular formula is C17H18Cl2N2OS. The van der Waals surface area contributed by atoms with Crippen LogP contribution in [0.4, 0.5) is 0 Å². The number of hydrogen-bond acceptors (Lipinski definition) is 2. The summed E-state index contributed by atoms with van der Waals surface area (Å²) in [6.07, 6.45) is 0.778. The lowest BCUT2D eigenvalue weighted by Gasteiger charge is -2.11. The minimum atomic E-state index is 0.617. The van der Waals surface area contributed by atoms with Crippen LogP contribution in [0.5, 0.6) is 5.75 Å². The van der Waals surface area contributed by atoms with Gasteiger partial charge in [-0.15, -0.1) is 0 Å². The molecule has 0 bridgehead atoms. The van der Waals surface area contributed by atoms with Crippen molar-refractivity contribution in [1.82, 2.24) is 10.6 Å². The zero-order valence-corrected chi connectivity index (χ0v) is 15.1. The van der Waals surface area contributed by atoms with Gasteiger partial charge in [-0.05, 0) is 54.0 Å². The molecule has 0 radical (unpaired) electrons. The number of benzene rings is 2. The van der Waals surface area contributed by atoms with Crippen molar-refractivity contribution >= 4 is 40.5 Å². The standard InChI is InChI=1S/C17H18Cl2N2OS/c1-22-15-6-2-12(3-7-15)11-21-17(23)20-9-8-13-4-5-14(18)10-16(13)19/h2-7,10H,8-9,11H2,1H3,(H2,20,21,23). The fourth-order valence-corrected chi connectivity index (χ4v) is 2.70. The quantitative estimate of drug-likeness (QED) is 0.748. The summed E-state index contributed by atoms with van der Waals surface area (Å²) in [4.78, 5) is 0. The molecule has 0 amide bonds. The van der Waals surface area contributed by atoms with E-state index in [2.05, 4.69) is 10.6 Å². The summed E-state index contributed by atoms with van der Waals surface area (Å²) in [6, 6.07) is 13.4. The monoisotopic (exact) mass is 368 g/mol. The molecule has 6 heteroatoms. The zero-order valence-electron chi connectivity index (χ0n) is 12.7. The van der Waals surface area contributed by atoms with Crippen LogP contribution in [0.25, 0.3) is 0 Å². The van der Waals surface area contributed by atoms with E-state index < -0.39 is 0 Å². The fraction of sp³-hybridized carbons (Fsp3) is 0.235. The van der Waals surface area contributed by atoms with Gasteiger partial charge in [0.25, 0.3) is 0 Å². The summed E-state index contributed by atoms with van der Waals surface area (Å²) in [5.41, 5.74) is 2.18. The number of nitrogens with one attached hydrogen (secondary N) is 2. The molecule has 2 N–H and O–H groups in total. The van der Waals surface area contributed by atoms with E-state index in [1.165, 1.54) is 0 Å². The molecular weight excluding hydrogens is 351 g/mol. The van der Waals surface area contributed by atoms with Crippen LogP contribution in [-0.2, 0) is 13.0 Å². The molecule has 0 saturated heterocycles. The fourth-order valence-electron chi connectivity index (χ4n) is 2.02. The third-order valence-electron chi connectivity index (χ3n) is 3.31. The van der Waals surface area contributed by atoms with E-state index in [0.29, 0.717) is 28.2 Å². The molecule has 0 aliphatic rings. The molecule has 23 heavy (non-hydrogen) atoms. The number of halogens is 2. The smallest absolute Gasteiger partial charge is 0.166 e.